The number of nitrogens with one attached hydrogen (secondary N) is 1. The number of fused-ring (bicyclic) bond motifs is 1. The van der Waals surface area contributed by atoms with Crippen molar-refractivity contribution < 1.29 is 49.5 Å². The molecule has 0 spiro atoms. The summed E-state index contributed by atoms with van der Waals surface area (Å²) in [6.07, 6.45) is 2.20. The standard InChI is InChI=1S/C18H19N3O4S.Na.H/c1-12-15(25-11-5-10-24-2)8-9-19-16(12)17(22)26(23)18-20-13-6-3-4-7-14(13)21-18;;/h3-4,6-9H,5,10-11H2,1-2H3,(H,20,21);;/q;+1;-1. The van der Waals surface area contributed by atoms with Crippen molar-refractivity contribution in [2.45, 2.75) is 18.5 Å². The summed E-state index contributed by atoms with van der Waals surface area (Å²) in [7, 11) is -0.356. The molecule has 0 aliphatic carbocycles. The van der Waals surface area contributed by atoms with Crippen LogP contribution in [0.15, 0.2) is 41.7 Å². The molecule has 2 aromatic heterocycles. The normalized spacial score (nSPS) is 11.8. The maximum atomic E-state index is 12.7. The maximum Gasteiger partial charge on any atom is 1.00 e. The van der Waals surface area contributed by atoms with Crippen LogP contribution >= 0.6 is 0 Å². The Hall–Kier alpha value is -1.58. The minimum absolute atomic E-state index is 0. The molecule has 3 aromatic rings. The van der Waals surface area contributed by atoms with Crippen molar-refractivity contribution in [3.63, 3.8) is 0 Å². The van der Waals surface area contributed by atoms with Crippen molar-refractivity contribution in [2.24, 2.45) is 0 Å². The Morgan fingerprint density at radius 3 is 2.78 bits per heavy atom. The number of aromatic amines is 1. The fraction of sp³-hybridized carbons (Fsp3) is 0.278. The van der Waals surface area contributed by atoms with Gasteiger partial charge in [0.05, 0.1) is 17.6 Å². The monoisotopic (exact) mass is 397 g/mol. The van der Waals surface area contributed by atoms with Crippen molar-refractivity contribution in [1.82, 2.24) is 15.0 Å². The molecule has 2 heterocycles. The third-order valence-corrected chi connectivity index (χ3v) is 4.88. The number of carbonyl (C=O) groups is 1. The van der Waals surface area contributed by atoms with E-state index in [-0.39, 0.29) is 41.8 Å². The number of ether oxygens (including phenoxy) is 2. The number of aromatic nitrogens is 3. The van der Waals surface area contributed by atoms with E-state index < -0.39 is 15.9 Å². The van der Waals surface area contributed by atoms with Crippen LogP contribution in [0.5, 0.6) is 5.75 Å². The van der Waals surface area contributed by atoms with Crippen LogP contribution in [-0.2, 0) is 15.5 Å². The van der Waals surface area contributed by atoms with E-state index in [9.17, 15) is 9.00 Å². The Bertz CT molecular complexity index is 934. The Labute approximate surface area is 183 Å². The number of benzene rings is 1. The van der Waals surface area contributed by atoms with Crippen LogP contribution < -0.4 is 34.3 Å². The minimum Gasteiger partial charge on any atom is -1.00 e. The molecule has 9 heteroatoms. The van der Waals surface area contributed by atoms with E-state index in [0.717, 1.165) is 11.9 Å². The molecule has 27 heavy (non-hydrogen) atoms. The van der Waals surface area contributed by atoms with Gasteiger partial charge in [-0.25, -0.2) is 9.19 Å². The van der Waals surface area contributed by atoms with Gasteiger partial charge < -0.3 is 15.9 Å². The summed E-state index contributed by atoms with van der Waals surface area (Å²) in [5.41, 5.74) is 2.06. The zero-order valence-electron chi connectivity index (χ0n) is 16.5. The molecule has 1 N–H and O–H groups in total. The fourth-order valence-corrected chi connectivity index (χ4v) is 3.40. The van der Waals surface area contributed by atoms with Gasteiger partial charge in [0.25, 0.3) is 5.12 Å². The van der Waals surface area contributed by atoms with E-state index >= 15 is 0 Å². The van der Waals surface area contributed by atoms with E-state index in [1.807, 2.05) is 18.2 Å². The van der Waals surface area contributed by atoms with Gasteiger partial charge in [-0.3, -0.25) is 9.78 Å². The van der Waals surface area contributed by atoms with Crippen LogP contribution in [-0.4, -0.2) is 44.6 Å². The molecular formula is C18H20N3NaO4S. The summed E-state index contributed by atoms with van der Waals surface area (Å²) >= 11 is 0. The predicted octanol–water partition coefficient (Wildman–Crippen LogP) is -0.254. The van der Waals surface area contributed by atoms with Gasteiger partial charge in [-0.05, 0) is 25.1 Å². The van der Waals surface area contributed by atoms with Gasteiger partial charge in [-0.2, -0.15) is 0 Å². The molecule has 0 aliphatic heterocycles. The van der Waals surface area contributed by atoms with Crippen molar-refractivity contribution in [3.8, 4) is 5.75 Å². The largest absolute Gasteiger partial charge is 1.00 e. The zero-order chi connectivity index (χ0) is 18.5. The Morgan fingerprint density at radius 2 is 2.04 bits per heavy atom. The number of pyridine rings is 1. The molecule has 0 radical (unpaired) electrons. The first kappa shape index (κ1) is 21.7. The zero-order valence-corrected chi connectivity index (χ0v) is 18.3. The van der Waals surface area contributed by atoms with E-state index in [2.05, 4.69) is 15.0 Å². The Balaban J connectivity index is 0.00000196. The second-order valence-corrected chi connectivity index (χ2v) is 6.89. The van der Waals surface area contributed by atoms with Crippen LogP contribution in [0.1, 0.15) is 23.9 Å². The summed E-state index contributed by atoms with van der Waals surface area (Å²) in [6, 6.07) is 8.95. The van der Waals surface area contributed by atoms with E-state index in [4.69, 9.17) is 9.47 Å². The van der Waals surface area contributed by atoms with Crippen molar-refractivity contribution in [3.05, 3.63) is 47.8 Å². The Kier molecular flexibility index (Phi) is 8.12. The number of nitrogens with zero attached hydrogens (tertiary/aromatic N) is 2. The predicted molar refractivity (Wildman–Crippen MR) is 98.9 cm³/mol. The number of imidazole rings is 1. The molecule has 138 valence electrons. The molecule has 0 saturated carbocycles. The van der Waals surface area contributed by atoms with Gasteiger partial charge in [-0.15, -0.1) is 0 Å². The molecule has 1 unspecified atom stereocenters. The third kappa shape index (κ3) is 5.03. The molecule has 1 atom stereocenters. The maximum absolute atomic E-state index is 12.7. The fourth-order valence-electron chi connectivity index (χ4n) is 2.46. The van der Waals surface area contributed by atoms with Gasteiger partial charge in [0.2, 0.25) is 5.16 Å². The molecule has 0 fully saturated rings. The average Bonchev–Trinajstić information content (AvgIpc) is 3.09. The molecule has 0 aliphatic rings. The summed E-state index contributed by atoms with van der Waals surface area (Å²) in [5.74, 6) is 0.543. The molecule has 0 bridgehead atoms. The number of hydrogen-bond acceptors (Lipinski definition) is 6. The van der Waals surface area contributed by atoms with Gasteiger partial charge in [0, 0.05) is 31.9 Å². The van der Waals surface area contributed by atoms with Gasteiger partial charge >= 0.3 is 29.6 Å². The topological polar surface area (TPSA) is 94.2 Å². The number of rotatable bonds is 7. The molecular weight excluding hydrogens is 377 g/mol. The average molecular weight is 397 g/mol. The second-order valence-electron chi connectivity index (χ2n) is 5.59. The minimum atomic E-state index is -1.98. The van der Waals surface area contributed by atoms with Crippen LogP contribution in [0, 0.1) is 6.92 Å². The van der Waals surface area contributed by atoms with Crippen molar-refractivity contribution in [1.29, 1.82) is 0 Å². The first-order chi connectivity index (χ1) is 12.6. The number of methoxy groups -OCH3 is 1. The first-order valence-electron chi connectivity index (χ1n) is 8.10. The van der Waals surface area contributed by atoms with Crippen LogP contribution in [0.25, 0.3) is 11.0 Å². The summed E-state index contributed by atoms with van der Waals surface area (Å²) in [6.45, 7) is 2.77. The third-order valence-electron chi connectivity index (χ3n) is 3.81. The summed E-state index contributed by atoms with van der Waals surface area (Å²) in [4.78, 5) is 23.9. The number of H-pyrrole nitrogens is 1. The smallest absolute Gasteiger partial charge is 1.00 e. The molecule has 3 rings (SSSR count). The van der Waals surface area contributed by atoms with E-state index in [1.54, 1.807) is 26.2 Å². The van der Waals surface area contributed by atoms with Gasteiger partial charge in [0.15, 0.2) is 10.8 Å². The summed E-state index contributed by atoms with van der Waals surface area (Å²) in [5, 5.41) is -0.493. The van der Waals surface area contributed by atoms with Crippen LogP contribution in [0.2, 0.25) is 0 Å². The Morgan fingerprint density at radius 1 is 1.26 bits per heavy atom. The van der Waals surface area contributed by atoms with Crippen LogP contribution in [0.4, 0.5) is 0 Å². The molecule has 0 saturated heterocycles. The van der Waals surface area contributed by atoms with Gasteiger partial charge in [0.1, 0.15) is 11.4 Å². The van der Waals surface area contributed by atoms with Gasteiger partial charge in [-0.1, -0.05) is 12.1 Å². The SMILES string of the molecule is COCCCOc1ccnc(C(=O)S(=O)c2nc3ccccc3[nH]2)c1C.[H-].[Na+]. The van der Waals surface area contributed by atoms with Crippen LogP contribution in [0.3, 0.4) is 0 Å². The number of carbonyl (C=O) groups excluding carboxylic acids is 1. The quantitative estimate of drug-likeness (QED) is 0.436. The number of hydrogen-bond donors (Lipinski definition) is 1. The first-order valence-corrected chi connectivity index (χ1v) is 9.25. The summed E-state index contributed by atoms with van der Waals surface area (Å²) < 4.78 is 23.3. The van der Waals surface area contributed by atoms with Crippen molar-refractivity contribution in [2.75, 3.05) is 20.3 Å². The molecule has 0 amide bonds. The van der Waals surface area contributed by atoms with E-state index in [0.29, 0.717) is 30.0 Å². The van der Waals surface area contributed by atoms with Crippen molar-refractivity contribution >= 4 is 26.9 Å². The van der Waals surface area contributed by atoms with E-state index in [1.165, 1.54) is 6.20 Å². The second kappa shape index (κ2) is 10.1. The molecule has 7 nitrogen and oxygen atoms in total. The molecule has 1 aromatic carbocycles. The number of para-hydroxylation sites is 2.